The van der Waals surface area contributed by atoms with E-state index in [9.17, 15) is 21.6 Å². The Labute approximate surface area is 208 Å². The number of sulfone groups is 1. The van der Waals surface area contributed by atoms with Crippen molar-refractivity contribution in [2.24, 2.45) is 0 Å². The molecule has 1 atom stereocenters. The fraction of sp³-hybridized carbons (Fsp3) is 0.208. The summed E-state index contributed by atoms with van der Waals surface area (Å²) in [5.74, 6) is -0.312. The Morgan fingerprint density at radius 3 is 2.50 bits per heavy atom. The van der Waals surface area contributed by atoms with E-state index in [1.807, 2.05) is 0 Å². The molecule has 0 spiro atoms. The molecule has 186 valence electrons. The number of fused-ring (bicyclic) bond motifs is 1. The van der Waals surface area contributed by atoms with E-state index in [2.05, 4.69) is 20.5 Å². The number of carbonyl (C=O) groups is 1. The summed E-state index contributed by atoms with van der Waals surface area (Å²) >= 11 is 0. The molecule has 1 fully saturated rings. The summed E-state index contributed by atoms with van der Waals surface area (Å²) in [6.45, 7) is 0.256. The number of nitrogens with zero attached hydrogens (tertiary/aromatic N) is 3. The van der Waals surface area contributed by atoms with Gasteiger partial charge in [-0.15, -0.1) is 0 Å². The van der Waals surface area contributed by atoms with Gasteiger partial charge in [-0.3, -0.25) is 9.89 Å². The van der Waals surface area contributed by atoms with Gasteiger partial charge in [0.1, 0.15) is 0 Å². The molecule has 1 aliphatic heterocycles. The molecule has 2 N–H and O–H groups in total. The predicted octanol–water partition coefficient (Wildman–Crippen LogP) is 2.12. The van der Waals surface area contributed by atoms with Crippen molar-refractivity contribution in [3.8, 4) is 0 Å². The van der Waals surface area contributed by atoms with E-state index in [1.54, 1.807) is 42.6 Å². The maximum absolute atomic E-state index is 13.2. The number of carbonyl (C=O) groups excluding carboxylic acids is 1. The smallest absolute Gasteiger partial charge is 0.253 e. The van der Waals surface area contributed by atoms with Crippen LogP contribution in [0.5, 0.6) is 0 Å². The lowest BCUT2D eigenvalue weighted by atomic mass is 10.2. The summed E-state index contributed by atoms with van der Waals surface area (Å²) < 4.78 is 53.3. The number of amides is 1. The molecule has 10 nitrogen and oxygen atoms in total. The Balaban J connectivity index is 1.23. The first-order chi connectivity index (χ1) is 17.2. The topological polar surface area (TPSA) is 142 Å². The van der Waals surface area contributed by atoms with Gasteiger partial charge in [0.05, 0.1) is 26.8 Å². The van der Waals surface area contributed by atoms with Crippen LogP contribution in [0.4, 0.5) is 0 Å². The van der Waals surface area contributed by atoms with Gasteiger partial charge in [-0.2, -0.15) is 9.40 Å². The van der Waals surface area contributed by atoms with Crippen LogP contribution >= 0.6 is 0 Å². The Morgan fingerprint density at radius 1 is 1.00 bits per heavy atom. The van der Waals surface area contributed by atoms with Crippen molar-refractivity contribution in [2.45, 2.75) is 28.0 Å². The van der Waals surface area contributed by atoms with Gasteiger partial charge in [-0.05, 0) is 42.3 Å². The van der Waals surface area contributed by atoms with Crippen molar-refractivity contribution in [1.29, 1.82) is 0 Å². The van der Waals surface area contributed by atoms with Crippen molar-refractivity contribution < 1.29 is 21.6 Å². The van der Waals surface area contributed by atoms with Gasteiger partial charge in [0, 0.05) is 31.2 Å². The monoisotopic (exact) mass is 525 g/mol. The normalized spacial score (nSPS) is 16.8. The summed E-state index contributed by atoms with van der Waals surface area (Å²) in [5.41, 5.74) is 1.70. The quantitative estimate of drug-likeness (QED) is 0.376. The predicted molar refractivity (Wildman–Crippen MR) is 132 cm³/mol. The highest BCUT2D eigenvalue weighted by molar-refractivity contribution is 7.92. The Morgan fingerprint density at radius 2 is 1.75 bits per heavy atom. The zero-order valence-electron chi connectivity index (χ0n) is 19.0. The molecule has 5 rings (SSSR count). The van der Waals surface area contributed by atoms with Gasteiger partial charge in [0.15, 0.2) is 15.5 Å². The fourth-order valence-electron chi connectivity index (χ4n) is 4.15. The zero-order chi connectivity index (χ0) is 25.3. The summed E-state index contributed by atoms with van der Waals surface area (Å²) in [4.78, 5) is 16.9. The van der Waals surface area contributed by atoms with Crippen LogP contribution in [-0.4, -0.2) is 60.6 Å². The van der Waals surface area contributed by atoms with E-state index < -0.39 is 25.1 Å². The Hall–Kier alpha value is -3.61. The van der Waals surface area contributed by atoms with Crippen molar-refractivity contribution in [3.63, 3.8) is 0 Å². The molecule has 36 heavy (non-hydrogen) atoms. The molecule has 12 heteroatoms. The fourth-order valence-corrected chi connectivity index (χ4v) is 7.45. The van der Waals surface area contributed by atoms with E-state index in [4.69, 9.17) is 0 Å². The van der Waals surface area contributed by atoms with Crippen LogP contribution in [0.15, 0.2) is 82.8 Å². The minimum atomic E-state index is -3.75. The summed E-state index contributed by atoms with van der Waals surface area (Å²) in [7, 11) is -7.48. The number of sulfonamides is 1. The summed E-state index contributed by atoms with van der Waals surface area (Å²) in [5, 5.41) is 9.29. The largest absolute Gasteiger partial charge is 0.348 e. The molecule has 1 saturated heterocycles. The molecule has 2 aromatic carbocycles. The van der Waals surface area contributed by atoms with Gasteiger partial charge >= 0.3 is 0 Å². The first-order valence-corrected chi connectivity index (χ1v) is 14.2. The van der Waals surface area contributed by atoms with E-state index in [1.165, 1.54) is 34.8 Å². The molecule has 0 radical (unpaired) electrons. The highest BCUT2D eigenvalue weighted by Gasteiger charge is 2.39. The molecule has 3 heterocycles. The average molecular weight is 526 g/mol. The van der Waals surface area contributed by atoms with Gasteiger partial charge in [0.2, 0.25) is 10.0 Å². The number of nitrogens with one attached hydrogen (secondary N) is 2. The lowest BCUT2D eigenvalue weighted by Crippen LogP contribution is -2.32. The lowest BCUT2D eigenvalue weighted by Gasteiger charge is -2.17. The number of H-pyrrole nitrogens is 1. The Bertz CT molecular complexity index is 1620. The third-order valence-corrected chi connectivity index (χ3v) is 10.3. The van der Waals surface area contributed by atoms with Crippen molar-refractivity contribution in [2.75, 3.05) is 13.1 Å². The van der Waals surface area contributed by atoms with Gasteiger partial charge < -0.3 is 5.32 Å². The molecule has 0 aliphatic carbocycles. The van der Waals surface area contributed by atoms with Crippen molar-refractivity contribution >= 4 is 36.8 Å². The molecule has 1 amide bonds. The zero-order valence-corrected chi connectivity index (χ0v) is 20.7. The highest BCUT2D eigenvalue weighted by Crippen LogP contribution is 2.28. The third kappa shape index (κ3) is 4.62. The highest BCUT2D eigenvalue weighted by atomic mass is 32.2. The number of pyridine rings is 1. The van der Waals surface area contributed by atoms with E-state index in [-0.39, 0.29) is 41.8 Å². The lowest BCUT2D eigenvalue weighted by molar-refractivity contribution is 0.0950. The van der Waals surface area contributed by atoms with Crippen LogP contribution in [0, 0.1) is 0 Å². The first kappa shape index (κ1) is 24.1. The van der Waals surface area contributed by atoms with Gasteiger partial charge in [-0.25, -0.2) is 21.8 Å². The summed E-state index contributed by atoms with van der Waals surface area (Å²) in [6, 6.07) is 15.9. The number of hydrogen-bond acceptors (Lipinski definition) is 7. The number of benzene rings is 2. The number of hydrogen-bond donors (Lipinski definition) is 2. The van der Waals surface area contributed by atoms with Crippen LogP contribution in [0.3, 0.4) is 0 Å². The molecule has 1 aliphatic rings. The first-order valence-electron chi connectivity index (χ1n) is 11.2. The van der Waals surface area contributed by atoms with Crippen LogP contribution in [0.1, 0.15) is 22.3 Å². The van der Waals surface area contributed by atoms with Gasteiger partial charge in [-0.1, -0.05) is 30.3 Å². The van der Waals surface area contributed by atoms with Crippen molar-refractivity contribution in [3.05, 3.63) is 84.2 Å². The van der Waals surface area contributed by atoms with Crippen LogP contribution in [0.25, 0.3) is 11.0 Å². The number of aromatic nitrogens is 3. The maximum atomic E-state index is 13.2. The number of aromatic amines is 1. The molecule has 0 saturated carbocycles. The van der Waals surface area contributed by atoms with E-state index in [0.29, 0.717) is 11.2 Å². The molecule has 1 unspecified atom stereocenters. The van der Waals surface area contributed by atoms with E-state index >= 15 is 0 Å². The Kier molecular flexibility index (Phi) is 6.33. The average Bonchev–Trinajstić information content (AvgIpc) is 3.58. The molecular formula is C24H23N5O5S2. The van der Waals surface area contributed by atoms with Crippen LogP contribution < -0.4 is 5.32 Å². The standard InChI is InChI=1S/C24H23N5O5S2/c30-24(19-12-18-15-27-28-23(18)25-14-19)26-13-17-6-8-20(9-7-17)35(31,32)22-10-11-29(16-22)36(33,34)21-4-2-1-3-5-21/h1-9,12,14-15,22H,10-11,13,16H2,(H,26,30)(H,25,27,28). The number of rotatable bonds is 7. The molecule has 2 aromatic heterocycles. The maximum Gasteiger partial charge on any atom is 0.253 e. The minimum Gasteiger partial charge on any atom is -0.348 e. The minimum absolute atomic E-state index is 0.0909. The SMILES string of the molecule is O=C(NCc1ccc(S(=O)(=O)C2CCN(S(=O)(=O)c3ccccc3)C2)cc1)c1cnc2[nH]ncc2c1. The van der Waals surface area contributed by atoms with Crippen molar-refractivity contribution in [1.82, 2.24) is 24.8 Å². The van der Waals surface area contributed by atoms with Gasteiger partial charge in [0.25, 0.3) is 5.91 Å². The van der Waals surface area contributed by atoms with Crippen LogP contribution in [-0.2, 0) is 26.4 Å². The summed E-state index contributed by atoms with van der Waals surface area (Å²) in [6.07, 6.45) is 3.26. The molecule has 4 aromatic rings. The third-order valence-electron chi connectivity index (χ3n) is 6.19. The second-order valence-corrected chi connectivity index (χ2v) is 12.7. The second-order valence-electron chi connectivity index (χ2n) is 8.49. The van der Waals surface area contributed by atoms with E-state index in [0.717, 1.165) is 10.9 Å². The second kappa shape index (κ2) is 9.45. The van der Waals surface area contributed by atoms with Crippen LogP contribution in [0.2, 0.25) is 0 Å². The molecule has 0 bridgehead atoms. The molecular weight excluding hydrogens is 502 g/mol.